The van der Waals surface area contributed by atoms with Crippen LogP contribution in [-0.2, 0) is 11.2 Å². The molecule has 0 aliphatic carbocycles. The van der Waals surface area contributed by atoms with Crippen LogP contribution in [0.15, 0.2) is 48.5 Å². The molecule has 0 atom stereocenters. The largest absolute Gasteiger partial charge is 0.494 e. The molecule has 0 fully saturated rings. The summed E-state index contributed by atoms with van der Waals surface area (Å²) in [5.41, 5.74) is 3.81. The summed E-state index contributed by atoms with van der Waals surface area (Å²) >= 11 is 6.29. The number of aromatic nitrogens is 4. The van der Waals surface area contributed by atoms with Gasteiger partial charge in [-0.2, -0.15) is 4.98 Å². The van der Waals surface area contributed by atoms with Crippen LogP contribution in [0.1, 0.15) is 23.9 Å². The summed E-state index contributed by atoms with van der Waals surface area (Å²) in [4.78, 5) is 21.7. The molecule has 31 heavy (non-hydrogen) atoms. The van der Waals surface area contributed by atoms with Gasteiger partial charge < -0.3 is 10.1 Å². The van der Waals surface area contributed by atoms with Gasteiger partial charge in [0.2, 0.25) is 5.91 Å². The lowest BCUT2D eigenvalue weighted by Crippen LogP contribution is -2.17. The topological polar surface area (TPSA) is 81.4 Å². The highest BCUT2D eigenvalue weighted by Crippen LogP contribution is 2.26. The van der Waals surface area contributed by atoms with E-state index in [0.717, 1.165) is 28.3 Å². The lowest BCUT2D eigenvalue weighted by molar-refractivity contribution is -0.115. The van der Waals surface area contributed by atoms with Crippen molar-refractivity contribution < 1.29 is 9.53 Å². The number of benzene rings is 2. The number of nitrogens with zero attached hydrogens (tertiary/aromatic N) is 4. The molecule has 158 valence electrons. The van der Waals surface area contributed by atoms with E-state index in [9.17, 15) is 4.79 Å². The Bertz CT molecular complexity index is 1250. The average molecular weight is 436 g/mol. The van der Waals surface area contributed by atoms with Crippen molar-refractivity contribution in [3.63, 3.8) is 0 Å². The summed E-state index contributed by atoms with van der Waals surface area (Å²) in [5, 5.41) is 8.06. The van der Waals surface area contributed by atoms with Gasteiger partial charge in [0.15, 0.2) is 5.82 Å². The highest BCUT2D eigenvalue weighted by Gasteiger charge is 2.17. The predicted molar refractivity (Wildman–Crippen MR) is 121 cm³/mol. The summed E-state index contributed by atoms with van der Waals surface area (Å²) < 4.78 is 7.09. The molecule has 2 aromatic heterocycles. The van der Waals surface area contributed by atoms with E-state index in [-0.39, 0.29) is 12.3 Å². The molecular weight excluding hydrogens is 414 g/mol. The van der Waals surface area contributed by atoms with Crippen LogP contribution in [0.5, 0.6) is 5.75 Å². The molecule has 4 rings (SSSR count). The standard InChI is InChI=1S/C23H22ClN5O2/c1-4-31-17-11-9-16(10-12-17)26-21(30)13-19-14(2)25-23-27-22(28-29(23)15(19)3)18-7-5-6-8-20(18)24/h5-12H,4,13H2,1-3H3,(H,26,30). The van der Waals surface area contributed by atoms with Crippen LogP contribution in [0.4, 0.5) is 5.69 Å². The number of aryl methyl sites for hydroxylation is 2. The monoisotopic (exact) mass is 435 g/mol. The number of hydrogen-bond donors (Lipinski definition) is 1. The Kier molecular flexibility index (Phi) is 5.86. The van der Waals surface area contributed by atoms with Crippen LogP contribution in [0.3, 0.4) is 0 Å². The number of ether oxygens (including phenoxy) is 1. The number of anilines is 1. The molecule has 0 saturated carbocycles. The average Bonchev–Trinajstić information content (AvgIpc) is 3.17. The third kappa shape index (κ3) is 4.36. The molecule has 2 heterocycles. The Morgan fingerprint density at radius 2 is 1.84 bits per heavy atom. The zero-order valence-corrected chi connectivity index (χ0v) is 18.3. The van der Waals surface area contributed by atoms with Gasteiger partial charge in [-0.15, -0.1) is 5.10 Å². The molecular formula is C23H22ClN5O2. The van der Waals surface area contributed by atoms with Crippen LogP contribution >= 0.6 is 11.6 Å². The zero-order chi connectivity index (χ0) is 22.0. The van der Waals surface area contributed by atoms with Crippen molar-refractivity contribution in [1.29, 1.82) is 0 Å². The van der Waals surface area contributed by atoms with Crippen LogP contribution in [0.25, 0.3) is 17.2 Å². The van der Waals surface area contributed by atoms with E-state index in [0.29, 0.717) is 28.9 Å². The Labute approximate surface area is 185 Å². The van der Waals surface area contributed by atoms with E-state index >= 15 is 0 Å². The van der Waals surface area contributed by atoms with Gasteiger partial charge in [-0.05, 0) is 57.2 Å². The zero-order valence-electron chi connectivity index (χ0n) is 17.5. The molecule has 0 saturated heterocycles. The second-order valence-electron chi connectivity index (χ2n) is 7.07. The minimum absolute atomic E-state index is 0.136. The van der Waals surface area contributed by atoms with Crippen molar-refractivity contribution in [2.24, 2.45) is 0 Å². The molecule has 4 aromatic rings. The van der Waals surface area contributed by atoms with Crippen LogP contribution in [0, 0.1) is 13.8 Å². The minimum atomic E-state index is -0.136. The highest BCUT2D eigenvalue weighted by atomic mass is 35.5. The molecule has 0 aliphatic rings. The van der Waals surface area contributed by atoms with E-state index in [1.807, 2.05) is 63.2 Å². The smallest absolute Gasteiger partial charge is 0.253 e. The Morgan fingerprint density at radius 1 is 1.10 bits per heavy atom. The Hall–Kier alpha value is -3.45. The molecule has 0 radical (unpaired) electrons. The first kappa shape index (κ1) is 20.8. The van der Waals surface area contributed by atoms with E-state index in [2.05, 4.69) is 20.4 Å². The second kappa shape index (κ2) is 8.73. The van der Waals surface area contributed by atoms with E-state index in [1.54, 1.807) is 10.6 Å². The van der Waals surface area contributed by atoms with Gasteiger partial charge in [0.25, 0.3) is 5.78 Å². The lowest BCUT2D eigenvalue weighted by atomic mass is 10.1. The Balaban J connectivity index is 1.58. The fourth-order valence-corrected chi connectivity index (χ4v) is 3.61. The van der Waals surface area contributed by atoms with Gasteiger partial charge in [-0.25, -0.2) is 9.50 Å². The third-order valence-electron chi connectivity index (χ3n) is 4.95. The number of halogens is 1. The molecule has 8 heteroatoms. The number of hydrogen-bond acceptors (Lipinski definition) is 5. The summed E-state index contributed by atoms with van der Waals surface area (Å²) in [6, 6.07) is 14.7. The summed E-state index contributed by atoms with van der Waals surface area (Å²) in [5.74, 6) is 1.60. The Morgan fingerprint density at radius 3 is 2.55 bits per heavy atom. The van der Waals surface area contributed by atoms with Crippen molar-refractivity contribution in [3.8, 4) is 17.1 Å². The fraction of sp³-hybridized carbons (Fsp3) is 0.217. The highest BCUT2D eigenvalue weighted by molar-refractivity contribution is 6.33. The normalized spacial score (nSPS) is 11.0. The quantitative estimate of drug-likeness (QED) is 0.477. The lowest BCUT2D eigenvalue weighted by Gasteiger charge is -2.11. The summed E-state index contributed by atoms with van der Waals surface area (Å²) in [7, 11) is 0. The van der Waals surface area contributed by atoms with Crippen molar-refractivity contribution >= 4 is 29.0 Å². The molecule has 0 spiro atoms. The SMILES string of the molecule is CCOc1ccc(NC(=O)Cc2c(C)nc3nc(-c4ccccc4Cl)nn3c2C)cc1. The van der Waals surface area contributed by atoms with E-state index in [1.165, 1.54) is 0 Å². The fourth-order valence-electron chi connectivity index (χ4n) is 3.39. The van der Waals surface area contributed by atoms with Crippen molar-refractivity contribution in [1.82, 2.24) is 19.6 Å². The van der Waals surface area contributed by atoms with Crippen molar-refractivity contribution in [3.05, 3.63) is 70.5 Å². The molecule has 7 nitrogen and oxygen atoms in total. The third-order valence-corrected chi connectivity index (χ3v) is 5.28. The number of amides is 1. The number of rotatable bonds is 6. The molecule has 0 aliphatic heterocycles. The van der Waals surface area contributed by atoms with Gasteiger partial charge in [0.1, 0.15) is 5.75 Å². The molecule has 2 aromatic carbocycles. The maximum Gasteiger partial charge on any atom is 0.253 e. The van der Waals surface area contributed by atoms with Crippen LogP contribution in [0.2, 0.25) is 5.02 Å². The van der Waals surface area contributed by atoms with E-state index < -0.39 is 0 Å². The van der Waals surface area contributed by atoms with Gasteiger partial charge in [-0.1, -0.05) is 23.7 Å². The second-order valence-corrected chi connectivity index (χ2v) is 7.48. The number of fused-ring (bicyclic) bond motifs is 1. The minimum Gasteiger partial charge on any atom is -0.494 e. The molecule has 0 bridgehead atoms. The molecule has 1 amide bonds. The van der Waals surface area contributed by atoms with Crippen LogP contribution < -0.4 is 10.1 Å². The van der Waals surface area contributed by atoms with Gasteiger partial charge >= 0.3 is 0 Å². The van der Waals surface area contributed by atoms with E-state index in [4.69, 9.17) is 16.3 Å². The molecule has 1 N–H and O–H groups in total. The number of nitrogens with one attached hydrogen (secondary N) is 1. The predicted octanol–water partition coefficient (Wildman–Crippen LogP) is 4.64. The number of carbonyl (C=O) groups is 1. The van der Waals surface area contributed by atoms with Crippen molar-refractivity contribution in [2.45, 2.75) is 27.2 Å². The van der Waals surface area contributed by atoms with Gasteiger partial charge in [-0.3, -0.25) is 4.79 Å². The first-order chi connectivity index (χ1) is 15.0. The van der Waals surface area contributed by atoms with Gasteiger partial charge in [0, 0.05) is 28.2 Å². The first-order valence-electron chi connectivity index (χ1n) is 9.96. The summed E-state index contributed by atoms with van der Waals surface area (Å²) in [6.45, 7) is 6.31. The number of carbonyl (C=O) groups excluding carboxylic acids is 1. The molecule has 0 unspecified atom stereocenters. The van der Waals surface area contributed by atoms with Crippen molar-refractivity contribution in [2.75, 3.05) is 11.9 Å². The van der Waals surface area contributed by atoms with Gasteiger partial charge in [0.05, 0.1) is 18.1 Å². The van der Waals surface area contributed by atoms with Crippen LogP contribution in [-0.4, -0.2) is 32.1 Å². The maximum absolute atomic E-state index is 12.7. The maximum atomic E-state index is 12.7. The summed E-state index contributed by atoms with van der Waals surface area (Å²) in [6.07, 6.45) is 0.176. The first-order valence-corrected chi connectivity index (χ1v) is 10.3.